The third-order valence-corrected chi connectivity index (χ3v) is 2.74. The zero-order valence-corrected chi connectivity index (χ0v) is 11.0. The largest absolute Gasteiger partial charge is 0.502 e. The summed E-state index contributed by atoms with van der Waals surface area (Å²) in [5.41, 5.74) is 6.64. The van der Waals surface area contributed by atoms with Crippen LogP contribution < -0.4 is 15.2 Å². The highest BCUT2D eigenvalue weighted by molar-refractivity contribution is 5.92. The SMILES string of the molecule is C=Cc1cc(OC)c(O)c(OC)c1CC(=C)C(N)=O. The van der Waals surface area contributed by atoms with E-state index in [1.165, 1.54) is 14.2 Å². The Morgan fingerprint density at radius 1 is 1.47 bits per heavy atom. The van der Waals surface area contributed by atoms with Crippen molar-refractivity contribution in [3.8, 4) is 17.2 Å². The lowest BCUT2D eigenvalue weighted by atomic mass is 9.98. The van der Waals surface area contributed by atoms with Crippen molar-refractivity contribution in [3.05, 3.63) is 35.9 Å². The van der Waals surface area contributed by atoms with Crippen LogP contribution in [0.15, 0.2) is 24.8 Å². The Labute approximate surface area is 111 Å². The van der Waals surface area contributed by atoms with Gasteiger partial charge in [0.2, 0.25) is 11.7 Å². The van der Waals surface area contributed by atoms with Crippen LogP contribution in [0, 0.1) is 0 Å². The number of phenols is 1. The van der Waals surface area contributed by atoms with E-state index in [9.17, 15) is 9.90 Å². The summed E-state index contributed by atoms with van der Waals surface area (Å²) >= 11 is 0. The monoisotopic (exact) mass is 263 g/mol. The van der Waals surface area contributed by atoms with Crippen molar-refractivity contribution in [2.24, 2.45) is 5.73 Å². The van der Waals surface area contributed by atoms with Gasteiger partial charge in [-0.15, -0.1) is 0 Å². The average Bonchev–Trinajstić information content (AvgIpc) is 2.39. The van der Waals surface area contributed by atoms with Crippen molar-refractivity contribution in [3.63, 3.8) is 0 Å². The summed E-state index contributed by atoms with van der Waals surface area (Å²) in [6.07, 6.45) is 1.74. The van der Waals surface area contributed by atoms with E-state index in [2.05, 4.69) is 13.2 Å². The molecule has 0 radical (unpaired) electrons. The van der Waals surface area contributed by atoms with Gasteiger partial charge >= 0.3 is 0 Å². The maximum atomic E-state index is 11.1. The summed E-state index contributed by atoms with van der Waals surface area (Å²) in [7, 11) is 2.85. The molecule has 102 valence electrons. The third kappa shape index (κ3) is 2.88. The van der Waals surface area contributed by atoms with E-state index in [0.717, 1.165) is 0 Å². The number of amides is 1. The maximum Gasteiger partial charge on any atom is 0.244 e. The minimum Gasteiger partial charge on any atom is -0.502 e. The fourth-order valence-electron chi connectivity index (χ4n) is 1.72. The van der Waals surface area contributed by atoms with Gasteiger partial charge in [0, 0.05) is 17.6 Å². The van der Waals surface area contributed by atoms with Gasteiger partial charge in [0.1, 0.15) is 0 Å². The summed E-state index contributed by atoms with van der Waals surface area (Å²) in [5, 5.41) is 10.0. The Kier molecular flexibility index (Phi) is 4.58. The lowest BCUT2D eigenvalue weighted by Gasteiger charge is -2.16. The molecule has 0 aliphatic carbocycles. The number of primary amides is 1. The molecule has 0 aliphatic rings. The van der Waals surface area contributed by atoms with E-state index in [1.54, 1.807) is 12.1 Å². The molecule has 5 heteroatoms. The van der Waals surface area contributed by atoms with Crippen LogP contribution in [-0.4, -0.2) is 25.2 Å². The van der Waals surface area contributed by atoms with Gasteiger partial charge in [0.25, 0.3) is 0 Å². The number of benzene rings is 1. The van der Waals surface area contributed by atoms with Gasteiger partial charge < -0.3 is 20.3 Å². The number of phenolic OH excluding ortho intramolecular Hbond substituents is 1. The van der Waals surface area contributed by atoms with E-state index in [-0.39, 0.29) is 29.2 Å². The second-order valence-corrected chi connectivity index (χ2v) is 3.88. The molecule has 19 heavy (non-hydrogen) atoms. The predicted molar refractivity (Wildman–Crippen MR) is 73.3 cm³/mol. The van der Waals surface area contributed by atoms with Crippen molar-refractivity contribution in [2.45, 2.75) is 6.42 Å². The van der Waals surface area contributed by atoms with Crippen LogP contribution in [0.5, 0.6) is 17.2 Å². The number of nitrogens with two attached hydrogens (primary N) is 1. The zero-order valence-electron chi connectivity index (χ0n) is 11.0. The predicted octanol–water partition coefficient (Wildman–Crippen LogP) is 1.64. The van der Waals surface area contributed by atoms with Crippen molar-refractivity contribution >= 4 is 12.0 Å². The lowest BCUT2D eigenvalue weighted by Crippen LogP contribution is -2.15. The number of hydrogen-bond donors (Lipinski definition) is 2. The van der Waals surface area contributed by atoms with Gasteiger partial charge in [0.05, 0.1) is 14.2 Å². The number of methoxy groups -OCH3 is 2. The van der Waals surface area contributed by atoms with Crippen LogP contribution in [0.2, 0.25) is 0 Å². The van der Waals surface area contributed by atoms with Gasteiger partial charge in [0.15, 0.2) is 11.5 Å². The first-order valence-corrected chi connectivity index (χ1v) is 5.53. The van der Waals surface area contributed by atoms with Crippen molar-refractivity contribution in [2.75, 3.05) is 14.2 Å². The smallest absolute Gasteiger partial charge is 0.244 e. The first kappa shape index (κ1) is 14.6. The van der Waals surface area contributed by atoms with Crippen molar-refractivity contribution < 1.29 is 19.4 Å². The number of ether oxygens (including phenoxy) is 2. The summed E-state index contributed by atoms with van der Waals surface area (Å²) in [6.45, 7) is 7.28. The molecule has 0 fully saturated rings. The lowest BCUT2D eigenvalue weighted by molar-refractivity contribution is -0.114. The van der Waals surface area contributed by atoms with Gasteiger partial charge in [-0.3, -0.25) is 4.79 Å². The number of carbonyl (C=O) groups excluding carboxylic acids is 1. The fourth-order valence-corrected chi connectivity index (χ4v) is 1.72. The van der Waals surface area contributed by atoms with Crippen LogP contribution in [0.4, 0.5) is 0 Å². The van der Waals surface area contributed by atoms with Crippen LogP contribution in [0.1, 0.15) is 11.1 Å². The molecular formula is C14H17NO4. The Morgan fingerprint density at radius 3 is 2.53 bits per heavy atom. The molecule has 1 amide bonds. The molecule has 0 heterocycles. The van der Waals surface area contributed by atoms with Crippen molar-refractivity contribution in [1.29, 1.82) is 0 Å². The number of carbonyl (C=O) groups is 1. The molecule has 0 unspecified atom stereocenters. The molecule has 1 aromatic carbocycles. The molecule has 0 aliphatic heterocycles. The molecule has 0 aromatic heterocycles. The van der Waals surface area contributed by atoms with Crippen LogP contribution in [0.25, 0.3) is 6.08 Å². The highest BCUT2D eigenvalue weighted by atomic mass is 16.5. The summed E-state index contributed by atoms with van der Waals surface area (Å²) in [4.78, 5) is 11.1. The second-order valence-electron chi connectivity index (χ2n) is 3.88. The quantitative estimate of drug-likeness (QED) is 0.764. The summed E-state index contributed by atoms with van der Waals surface area (Å²) < 4.78 is 10.2. The molecule has 0 spiro atoms. The summed E-state index contributed by atoms with van der Waals surface area (Å²) in [6, 6.07) is 1.61. The van der Waals surface area contributed by atoms with E-state index < -0.39 is 5.91 Å². The highest BCUT2D eigenvalue weighted by Crippen LogP contribution is 2.42. The van der Waals surface area contributed by atoms with E-state index in [1.807, 2.05) is 0 Å². The van der Waals surface area contributed by atoms with Gasteiger partial charge in [-0.2, -0.15) is 0 Å². The van der Waals surface area contributed by atoms with E-state index >= 15 is 0 Å². The minimum atomic E-state index is -0.604. The second kappa shape index (κ2) is 5.95. The molecule has 0 bridgehead atoms. The number of rotatable bonds is 6. The average molecular weight is 263 g/mol. The van der Waals surface area contributed by atoms with Gasteiger partial charge in [-0.25, -0.2) is 0 Å². The Hall–Kier alpha value is -2.43. The van der Waals surface area contributed by atoms with Gasteiger partial charge in [-0.1, -0.05) is 19.2 Å². The molecule has 1 rings (SSSR count). The Balaban J connectivity index is 3.43. The first-order valence-electron chi connectivity index (χ1n) is 5.53. The molecule has 0 saturated heterocycles. The Morgan fingerprint density at radius 2 is 2.11 bits per heavy atom. The normalized spacial score (nSPS) is 9.79. The van der Waals surface area contributed by atoms with Crippen LogP contribution in [0.3, 0.4) is 0 Å². The molecular weight excluding hydrogens is 246 g/mol. The fraction of sp³-hybridized carbons (Fsp3) is 0.214. The topological polar surface area (TPSA) is 81.8 Å². The number of hydrogen-bond acceptors (Lipinski definition) is 4. The highest BCUT2D eigenvalue weighted by Gasteiger charge is 2.19. The van der Waals surface area contributed by atoms with Gasteiger partial charge in [-0.05, 0) is 11.6 Å². The molecule has 1 aromatic rings. The van der Waals surface area contributed by atoms with Crippen LogP contribution >= 0.6 is 0 Å². The van der Waals surface area contributed by atoms with E-state index in [4.69, 9.17) is 15.2 Å². The molecule has 3 N–H and O–H groups in total. The van der Waals surface area contributed by atoms with Crippen LogP contribution in [-0.2, 0) is 11.2 Å². The maximum absolute atomic E-state index is 11.1. The standard InChI is InChI=1S/C14H17NO4/c1-5-9-7-11(18-3)12(16)13(19-4)10(9)6-8(2)14(15)17/h5,7,16H,1-2,6H2,3-4H3,(H2,15,17). The third-order valence-electron chi connectivity index (χ3n) is 2.74. The zero-order chi connectivity index (χ0) is 14.6. The first-order chi connectivity index (χ1) is 8.96. The van der Waals surface area contributed by atoms with Crippen molar-refractivity contribution in [1.82, 2.24) is 0 Å². The van der Waals surface area contributed by atoms with E-state index in [0.29, 0.717) is 11.1 Å². The number of aromatic hydroxyl groups is 1. The molecule has 0 saturated carbocycles. The summed E-state index contributed by atoms with van der Waals surface area (Å²) in [5.74, 6) is -0.257. The molecule has 0 atom stereocenters. The minimum absolute atomic E-state index is 0.136. The molecule has 5 nitrogen and oxygen atoms in total. The Bertz CT molecular complexity index is 535.